The van der Waals surface area contributed by atoms with Crippen LogP contribution in [0.5, 0.6) is 5.75 Å². The van der Waals surface area contributed by atoms with Gasteiger partial charge in [-0.1, -0.05) is 24.2 Å². The van der Waals surface area contributed by atoms with Gasteiger partial charge >= 0.3 is 6.61 Å². The predicted octanol–water partition coefficient (Wildman–Crippen LogP) is 2.15. The second-order valence-electron chi connectivity index (χ2n) is 3.00. The van der Waals surface area contributed by atoms with Gasteiger partial charge < -0.3 is 10.5 Å². The average Bonchev–Trinajstić information content (AvgIpc) is 2.28. The number of ether oxygens (including phenoxy) is 1. The highest BCUT2D eigenvalue weighted by Gasteiger charge is 2.15. The fourth-order valence-electron chi connectivity index (χ4n) is 1.19. The number of benzene rings is 1. The van der Waals surface area contributed by atoms with Crippen molar-refractivity contribution in [3.8, 4) is 18.1 Å². The molecule has 18 heavy (non-hydrogen) atoms. The van der Waals surface area contributed by atoms with Gasteiger partial charge in [0.1, 0.15) is 10.7 Å². The molecule has 0 aromatic heterocycles. The van der Waals surface area contributed by atoms with E-state index in [1.165, 1.54) is 6.07 Å². The van der Waals surface area contributed by atoms with Crippen LogP contribution < -0.4 is 15.2 Å². The first-order valence-corrected chi connectivity index (χ1v) is 5.99. The summed E-state index contributed by atoms with van der Waals surface area (Å²) in [6.07, 6.45) is 5.09. The highest BCUT2D eigenvalue weighted by atomic mass is 32.2. The normalized spacial score (nSPS) is 10.1. The van der Waals surface area contributed by atoms with Crippen LogP contribution in [0.4, 0.5) is 8.78 Å². The molecule has 0 atom stereocenters. The monoisotopic (exact) mass is 288 g/mol. The molecule has 1 aromatic carbocycles. The van der Waals surface area contributed by atoms with Crippen LogP contribution in [-0.2, 0) is 0 Å². The number of thiocarbonyl (C=S) groups is 1. The van der Waals surface area contributed by atoms with Crippen molar-refractivity contribution in [2.45, 2.75) is 11.5 Å². The molecular formula is C11H10F2N2OS2. The predicted molar refractivity (Wildman–Crippen MR) is 71.7 cm³/mol. The van der Waals surface area contributed by atoms with Gasteiger partial charge in [-0.15, -0.1) is 6.42 Å². The molecule has 0 radical (unpaired) electrons. The number of hydrogen-bond acceptors (Lipinski definition) is 4. The molecule has 0 saturated heterocycles. The molecule has 3 N–H and O–H groups in total. The Morgan fingerprint density at radius 2 is 2.33 bits per heavy atom. The number of hydrogen-bond donors (Lipinski definition) is 2. The minimum atomic E-state index is -2.93. The summed E-state index contributed by atoms with van der Waals surface area (Å²) in [6, 6.07) is 4.63. The molecule has 0 fully saturated rings. The van der Waals surface area contributed by atoms with Gasteiger partial charge in [0.2, 0.25) is 0 Å². The standard InChI is InChI=1S/C11H10F2N2OS2/c1-2-6-15-18-8-5-3-4-7(16-11(12)13)9(8)10(14)17/h1,3-5,11,15H,6H2,(H2,14,17). The molecule has 0 aliphatic carbocycles. The Bertz CT molecular complexity index is 475. The van der Waals surface area contributed by atoms with Gasteiger partial charge in [0, 0.05) is 4.90 Å². The molecule has 0 saturated carbocycles. The van der Waals surface area contributed by atoms with Crippen LogP contribution in [0.2, 0.25) is 0 Å². The Kier molecular flexibility index (Phi) is 5.85. The Morgan fingerprint density at radius 3 is 2.89 bits per heavy atom. The summed E-state index contributed by atoms with van der Waals surface area (Å²) in [5.41, 5.74) is 5.79. The fraction of sp³-hybridized carbons (Fsp3) is 0.182. The largest absolute Gasteiger partial charge is 0.434 e. The summed E-state index contributed by atoms with van der Waals surface area (Å²) >= 11 is 6.00. The third-order valence-electron chi connectivity index (χ3n) is 1.81. The molecule has 0 bridgehead atoms. The highest BCUT2D eigenvalue weighted by molar-refractivity contribution is 7.97. The third kappa shape index (κ3) is 4.14. The number of nitrogens with one attached hydrogen (secondary N) is 1. The third-order valence-corrected chi connectivity index (χ3v) is 2.86. The molecule has 0 aliphatic rings. The topological polar surface area (TPSA) is 47.3 Å². The molecule has 7 heteroatoms. The van der Waals surface area contributed by atoms with Crippen LogP contribution in [0.15, 0.2) is 23.1 Å². The first kappa shape index (κ1) is 14.7. The van der Waals surface area contributed by atoms with E-state index in [0.717, 1.165) is 11.9 Å². The number of alkyl halides is 2. The zero-order valence-electron chi connectivity index (χ0n) is 9.15. The molecule has 0 aliphatic heterocycles. The van der Waals surface area contributed by atoms with Crippen molar-refractivity contribution in [2.24, 2.45) is 5.73 Å². The van der Waals surface area contributed by atoms with E-state index in [9.17, 15) is 8.78 Å². The molecule has 1 rings (SSSR count). The molecule has 0 unspecified atom stereocenters. The van der Waals surface area contributed by atoms with Gasteiger partial charge in [-0.3, -0.25) is 0 Å². The summed E-state index contributed by atoms with van der Waals surface area (Å²) < 4.78 is 31.7. The minimum Gasteiger partial charge on any atom is -0.434 e. The van der Waals surface area contributed by atoms with Crippen LogP contribution in [0.1, 0.15) is 5.56 Å². The number of nitrogens with two attached hydrogens (primary N) is 1. The van der Waals surface area contributed by atoms with Crippen molar-refractivity contribution in [3.05, 3.63) is 23.8 Å². The quantitative estimate of drug-likeness (QED) is 0.363. The van der Waals surface area contributed by atoms with Gasteiger partial charge in [-0.05, 0) is 24.1 Å². The van der Waals surface area contributed by atoms with E-state index in [1.54, 1.807) is 12.1 Å². The van der Waals surface area contributed by atoms with Gasteiger partial charge in [0.25, 0.3) is 0 Å². The zero-order chi connectivity index (χ0) is 13.5. The lowest BCUT2D eigenvalue weighted by Crippen LogP contribution is -2.16. The Labute approximate surface area is 113 Å². The Hall–Kier alpha value is -1.36. The smallest absolute Gasteiger partial charge is 0.387 e. The SMILES string of the molecule is C#CCNSc1cccc(OC(F)F)c1C(N)=S. The Balaban J connectivity index is 3.02. The van der Waals surface area contributed by atoms with E-state index in [0.29, 0.717) is 11.4 Å². The summed E-state index contributed by atoms with van der Waals surface area (Å²) in [5, 5.41) is 0. The van der Waals surface area contributed by atoms with E-state index in [-0.39, 0.29) is 16.3 Å². The van der Waals surface area contributed by atoms with Crippen molar-refractivity contribution >= 4 is 29.2 Å². The van der Waals surface area contributed by atoms with E-state index in [2.05, 4.69) is 15.4 Å². The molecule has 96 valence electrons. The maximum absolute atomic E-state index is 12.2. The maximum Gasteiger partial charge on any atom is 0.387 e. The molecule has 0 amide bonds. The van der Waals surface area contributed by atoms with Crippen LogP contribution in [-0.4, -0.2) is 18.1 Å². The zero-order valence-corrected chi connectivity index (χ0v) is 10.8. The Morgan fingerprint density at radius 1 is 1.61 bits per heavy atom. The van der Waals surface area contributed by atoms with Crippen molar-refractivity contribution < 1.29 is 13.5 Å². The molecule has 0 spiro atoms. The first-order chi connectivity index (χ1) is 8.56. The van der Waals surface area contributed by atoms with Crippen LogP contribution in [0, 0.1) is 12.3 Å². The lowest BCUT2D eigenvalue weighted by Gasteiger charge is -2.13. The fourth-order valence-corrected chi connectivity index (χ4v) is 2.23. The number of halogens is 2. The van der Waals surface area contributed by atoms with Gasteiger partial charge in [-0.25, -0.2) is 4.72 Å². The molecule has 3 nitrogen and oxygen atoms in total. The van der Waals surface area contributed by atoms with Crippen molar-refractivity contribution in [2.75, 3.05) is 6.54 Å². The second-order valence-corrected chi connectivity index (χ2v) is 4.37. The summed E-state index contributed by atoms with van der Waals surface area (Å²) in [6.45, 7) is -2.61. The lowest BCUT2D eigenvalue weighted by molar-refractivity contribution is -0.0500. The van der Waals surface area contributed by atoms with Crippen molar-refractivity contribution in [1.29, 1.82) is 0 Å². The average molecular weight is 288 g/mol. The maximum atomic E-state index is 12.2. The number of terminal acetylenes is 1. The second kappa shape index (κ2) is 7.16. The van der Waals surface area contributed by atoms with E-state index < -0.39 is 6.61 Å². The molecule has 1 aromatic rings. The summed E-state index contributed by atoms with van der Waals surface area (Å²) in [5.74, 6) is 2.34. The van der Waals surface area contributed by atoms with E-state index in [1.807, 2.05) is 0 Å². The minimum absolute atomic E-state index is 0.0174. The highest BCUT2D eigenvalue weighted by Crippen LogP contribution is 2.29. The summed E-state index contributed by atoms with van der Waals surface area (Å²) in [4.78, 5) is 0.562. The van der Waals surface area contributed by atoms with Gasteiger partial charge in [0.15, 0.2) is 0 Å². The lowest BCUT2D eigenvalue weighted by atomic mass is 10.2. The molecular weight excluding hydrogens is 278 g/mol. The number of rotatable bonds is 6. The van der Waals surface area contributed by atoms with Gasteiger partial charge in [-0.2, -0.15) is 8.78 Å². The molecule has 0 heterocycles. The van der Waals surface area contributed by atoms with Crippen LogP contribution in [0.3, 0.4) is 0 Å². The first-order valence-electron chi connectivity index (χ1n) is 4.77. The summed E-state index contributed by atoms with van der Waals surface area (Å²) in [7, 11) is 0. The van der Waals surface area contributed by atoms with Crippen molar-refractivity contribution in [1.82, 2.24) is 4.72 Å². The van der Waals surface area contributed by atoms with Crippen LogP contribution >= 0.6 is 24.2 Å². The van der Waals surface area contributed by atoms with Crippen LogP contribution in [0.25, 0.3) is 0 Å². The van der Waals surface area contributed by atoms with E-state index in [4.69, 9.17) is 24.4 Å². The van der Waals surface area contributed by atoms with E-state index >= 15 is 0 Å². The van der Waals surface area contributed by atoms with Crippen molar-refractivity contribution in [3.63, 3.8) is 0 Å². The van der Waals surface area contributed by atoms with Gasteiger partial charge in [0.05, 0.1) is 12.1 Å².